The SMILES string of the molecule is CC1OC(OC2CCC(C)(OC3C(O)CC(c4ccc5c(c4)C(=O)C4=C(C5=O)C5(O)C(=O)CC(C)(OC6(C)CCC(OC7C=CC(=O)C(C)O7)C(C)O6)CC5(O)C=C4)OC3C)OC2C)C=CC1=O. The minimum Gasteiger partial charge on any atom is -0.390 e. The van der Waals surface area contributed by atoms with Crippen LogP contribution in [0.4, 0.5) is 0 Å². The first kappa shape index (κ1) is 49.0. The maximum atomic E-state index is 14.5. The molecule has 0 radical (unpaired) electrons. The molecule has 1 saturated carbocycles. The molecule has 8 aliphatic rings. The molecule has 3 N–H and O–H groups in total. The summed E-state index contributed by atoms with van der Waals surface area (Å²) in [5.74, 6) is -4.87. The quantitative estimate of drug-likeness (QED) is 0.310. The Hall–Kier alpha value is -3.95. The Morgan fingerprint density at radius 3 is 1.87 bits per heavy atom. The highest BCUT2D eigenvalue weighted by Crippen LogP contribution is 2.53. The number of rotatable bonds is 9. The summed E-state index contributed by atoms with van der Waals surface area (Å²) >= 11 is 0. The van der Waals surface area contributed by atoms with Gasteiger partial charge in [-0.1, -0.05) is 12.1 Å². The van der Waals surface area contributed by atoms with E-state index in [1.54, 1.807) is 59.8 Å². The van der Waals surface area contributed by atoms with Gasteiger partial charge in [-0.15, -0.1) is 0 Å². The Morgan fingerprint density at radius 1 is 0.706 bits per heavy atom. The van der Waals surface area contributed by atoms with Crippen LogP contribution < -0.4 is 0 Å². The van der Waals surface area contributed by atoms with Gasteiger partial charge >= 0.3 is 0 Å². The largest absolute Gasteiger partial charge is 0.390 e. The van der Waals surface area contributed by atoms with Gasteiger partial charge in [0.05, 0.1) is 53.9 Å². The lowest BCUT2D eigenvalue weighted by Gasteiger charge is -2.55. The summed E-state index contributed by atoms with van der Waals surface area (Å²) in [4.78, 5) is 66.8. The van der Waals surface area contributed by atoms with Gasteiger partial charge in [-0.25, -0.2) is 0 Å². The number of hydrogen-bond acceptors (Lipinski definition) is 17. The molecule has 4 fully saturated rings. The topological polar surface area (TPSA) is 229 Å². The maximum Gasteiger partial charge on any atom is 0.194 e. The Kier molecular flexibility index (Phi) is 12.8. The molecule has 17 atom stereocenters. The van der Waals surface area contributed by atoms with Crippen molar-refractivity contribution in [2.24, 2.45) is 0 Å². The molecule has 1 aromatic rings. The lowest BCUT2D eigenvalue weighted by molar-refractivity contribution is -0.340. The lowest BCUT2D eigenvalue weighted by atomic mass is 9.57. The van der Waals surface area contributed by atoms with Crippen molar-refractivity contribution >= 4 is 28.9 Å². The summed E-state index contributed by atoms with van der Waals surface area (Å²) in [6, 6.07) is 4.59. The van der Waals surface area contributed by atoms with E-state index in [1.165, 1.54) is 36.4 Å². The third-order valence-electron chi connectivity index (χ3n) is 14.9. The van der Waals surface area contributed by atoms with Crippen LogP contribution >= 0.6 is 0 Å². The second-order valence-electron chi connectivity index (χ2n) is 20.4. The Bertz CT molecular complexity index is 2380. The predicted octanol–water partition coefficient (Wildman–Crippen LogP) is 4.47. The van der Waals surface area contributed by atoms with Gasteiger partial charge in [-0.05, 0) is 116 Å². The summed E-state index contributed by atoms with van der Waals surface area (Å²) in [6.07, 6.45) is 2.35. The zero-order valence-electron chi connectivity index (χ0n) is 39.6. The fraction of sp³-hybridized carbons (Fsp3) is 0.627. The van der Waals surface area contributed by atoms with Crippen molar-refractivity contribution in [1.29, 1.82) is 0 Å². The fourth-order valence-electron chi connectivity index (χ4n) is 11.3. The van der Waals surface area contributed by atoms with E-state index in [9.17, 15) is 39.3 Å². The summed E-state index contributed by atoms with van der Waals surface area (Å²) in [7, 11) is 0. The number of benzene rings is 1. The number of aliphatic hydroxyl groups is 3. The lowest BCUT2D eigenvalue weighted by Crippen LogP contribution is -2.70. The minimum absolute atomic E-state index is 0.0300. The van der Waals surface area contributed by atoms with Crippen molar-refractivity contribution < 1.29 is 81.9 Å². The highest BCUT2D eigenvalue weighted by Gasteiger charge is 2.67. The first-order valence-corrected chi connectivity index (χ1v) is 23.7. The van der Waals surface area contributed by atoms with E-state index < -0.39 is 125 Å². The molecule has 17 unspecified atom stereocenters. The number of carbonyl (C=O) groups excluding carboxylic acids is 5. The monoisotopic (exact) mass is 946 g/mol. The van der Waals surface area contributed by atoms with Gasteiger partial charge in [0, 0.05) is 48.8 Å². The molecule has 3 aliphatic carbocycles. The standard InChI is InChI=1S/C51H62O17/c1-25-34(52)11-13-41(61-25)63-37-16-18-48(7,65-27(37)3)67-46-29(5)60-39(22-36(46)54)30-9-10-31-33(21-30)44(56)32-15-20-50(58)24-47(6,23-40(55)51(50,59)43(32)45(31)57)68-49(8)19-17-38(28(4)66-49)64-42-14-12-35(53)26(2)62-42/h9-15,20-21,25-29,36-39,41-42,46,54,58-59H,16-19,22-24H2,1-8H3. The fourth-order valence-corrected chi connectivity index (χ4v) is 11.3. The average Bonchev–Trinajstić information content (AvgIpc) is 3.26. The van der Waals surface area contributed by atoms with Crippen LogP contribution in [0.25, 0.3) is 0 Å². The van der Waals surface area contributed by atoms with Crippen molar-refractivity contribution in [2.45, 2.75) is 202 Å². The van der Waals surface area contributed by atoms with Crippen LogP contribution in [-0.4, -0.2) is 140 Å². The Morgan fingerprint density at radius 2 is 1.29 bits per heavy atom. The second kappa shape index (κ2) is 17.7. The van der Waals surface area contributed by atoms with Crippen LogP contribution in [-0.2, 0) is 57.0 Å². The molecule has 0 bridgehead atoms. The Labute approximate surface area is 394 Å². The molecule has 1 aromatic carbocycles. The summed E-state index contributed by atoms with van der Waals surface area (Å²) in [6.45, 7) is 14.0. The molecular weight excluding hydrogens is 885 g/mol. The van der Waals surface area contributed by atoms with E-state index in [0.29, 0.717) is 31.2 Å². The van der Waals surface area contributed by atoms with Crippen LogP contribution in [0, 0.1) is 0 Å². The van der Waals surface area contributed by atoms with Crippen LogP contribution in [0.1, 0.15) is 133 Å². The van der Waals surface area contributed by atoms with E-state index in [-0.39, 0.29) is 47.2 Å². The van der Waals surface area contributed by atoms with Gasteiger partial charge in [-0.2, -0.15) is 0 Å². The van der Waals surface area contributed by atoms with Crippen LogP contribution in [0.2, 0.25) is 0 Å². The number of carbonyl (C=O) groups is 5. The van der Waals surface area contributed by atoms with Crippen LogP contribution in [0.3, 0.4) is 0 Å². The number of allylic oxidation sites excluding steroid dienone is 2. The molecule has 9 rings (SSSR count). The van der Waals surface area contributed by atoms with E-state index in [4.69, 9.17) is 42.6 Å². The van der Waals surface area contributed by atoms with E-state index in [2.05, 4.69) is 0 Å². The van der Waals surface area contributed by atoms with Gasteiger partial charge < -0.3 is 58.0 Å². The number of hydrogen-bond donors (Lipinski definition) is 3. The third kappa shape index (κ3) is 8.81. The van der Waals surface area contributed by atoms with Gasteiger partial charge in [0.15, 0.2) is 58.7 Å². The zero-order valence-corrected chi connectivity index (χ0v) is 39.6. The van der Waals surface area contributed by atoms with Crippen molar-refractivity contribution in [1.82, 2.24) is 0 Å². The molecule has 3 saturated heterocycles. The second-order valence-corrected chi connectivity index (χ2v) is 20.4. The number of aliphatic hydroxyl groups excluding tert-OH is 1. The average molecular weight is 947 g/mol. The molecule has 5 aliphatic heterocycles. The van der Waals surface area contributed by atoms with Crippen LogP contribution in [0.5, 0.6) is 0 Å². The molecule has 368 valence electrons. The predicted molar refractivity (Wildman–Crippen MR) is 237 cm³/mol. The minimum atomic E-state index is -2.76. The molecular formula is C51H62O17. The van der Waals surface area contributed by atoms with Gasteiger partial charge in [-0.3, -0.25) is 24.0 Å². The molecule has 0 spiro atoms. The van der Waals surface area contributed by atoms with Gasteiger partial charge in [0.2, 0.25) is 0 Å². The highest BCUT2D eigenvalue weighted by atomic mass is 16.7. The summed E-state index contributed by atoms with van der Waals surface area (Å²) in [5, 5.41) is 36.1. The van der Waals surface area contributed by atoms with Crippen molar-refractivity contribution in [3.8, 4) is 0 Å². The third-order valence-corrected chi connectivity index (χ3v) is 14.9. The van der Waals surface area contributed by atoms with Gasteiger partial charge in [0.25, 0.3) is 0 Å². The first-order chi connectivity index (χ1) is 31.9. The first-order valence-electron chi connectivity index (χ1n) is 23.7. The maximum absolute atomic E-state index is 14.5. The molecule has 5 heterocycles. The van der Waals surface area contributed by atoms with Crippen molar-refractivity contribution in [3.05, 3.63) is 82.5 Å². The number of ether oxygens (including phenoxy) is 9. The summed E-state index contributed by atoms with van der Waals surface area (Å²) < 4.78 is 55.6. The normalized spacial score (nSPS) is 45.0. The number of ketones is 5. The number of fused-ring (bicyclic) bond motifs is 3. The summed E-state index contributed by atoms with van der Waals surface area (Å²) in [5.41, 5.74) is -6.66. The number of Topliss-reactive ketones (excluding diaryl/α,β-unsaturated/α-hetero) is 3. The molecule has 17 heteroatoms. The van der Waals surface area contributed by atoms with E-state index in [0.717, 1.165) is 0 Å². The molecule has 68 heavy (non-hydrogen) atoms. The zero-order chi connectivity index (χ0) is 48.9. The van der Waals surface area contributed by atoms with Gasteiger partial charge in [0.1, 0.15) is 23.9 Å². The van der Waals surface area contributed by atoms with E-state index in [1.807, 2.05) is 13.8 Å². The van der Waals surface area contributed by atoms with Crippen molar-refractivity contribution in [3.63, 3.8) is 0 Å². The Balaban J connectivity index is 0.845. The van der Waals surface area contributed by atoms with E-state index >= 15 is 0 Å². The highest BCUT2D eigenvalue weighted by molar-refractivity contribution is 6.31. The van der Waals surface area contributed by atoms with Crippen LogP contribution in [0.15, 0.2) is 65.8 Å². The molecule has 0 amide bonds. The molecule has 0 aromatic heterocycles. The van der Waals surface area contributed by atoms with Crippen molar-refractivity contribution in [2.75, 3.05) is 0 Å². The smallest absolute Gasteiger partial charge is 0.194 e. The molecule has 17 nitrogen and oxygen atoms in total.